The van der Waals surface area contributed by atoms with Crippen LogP contribution in [-0.4, -0.2) is 23.0 Å². The molecule has 25 heavy (non-hydrogen) atoms. The fourth-order valence-electron chi connectivity index (χ4n) is 3.25. The Morgan fingerprint density at radius 1 is 1.20 bits per heavy atom. The smallest absolute Gasteiger partial charge is 0.267 e. The molecule has 0 saturated heterocycles. The number of amides is 1. The second-order valence-corrected chi connectivity index (χ2v) is 6.71. The van der Waals surface area contributed by atoms with Gasteiger partial charge in [0.2, 0.25) is 0 Å². The number of nitrogens with one attached hydrogen (secondary N) is 2. The summed E-state index contributed by atoms with van der Waals surface area (Å²) >= 11 is 0. The molecular weight excluding hydrogens is 314 g/mol. The summed E-state index contributed by atoms with van der Waals surface area (Å²) in [7, 11) is 0. The molecule has 1 aliphatic rings. The predicted octanol–water partition coefficient (Wildman–Crippen LogP) is 3.62. The van der Waals surface area contributed by atoms with Crippen LogP contribution in [0.2, 0.25) is 0 Å². The molecule has 0 aliphatic heterocycles. The van der Waals surface area contributed by atoms with Crippen molar-refractivity contribution in [1.82, 2.24) is 10.3 Å². The molecule has 5 nitrogen and oxygen atoms in total. The van der Waals surface area contributed by atoms with E-state index in [0.29, 0.717) is 11.3 Å². The summed E-state index contributed by atoms with van der Waals surface area (Å²) in [5.74, 6) is 0.769. The molecular formula is C20H23N3O2. The molecule has 2 aromatic rings. The maximum absolute atomic E-state index is 12.2. The topological polar surface area (TPSA) is 77.9 Å². The highest BCUT2D eigenvalue weighted by Gasteiger charge is 2.24. The lowest BCUT2D eigenvalue weighted by atomic mass is 9.92. The van der Waals surface area contributed by atoms with Gasteiger partial charge in [-0.1, -0.05) is 0 Å². The Bertz CT molecular complexity index is 796. The van der Waals surface area contributed by atoms with Crippen molar-refractivity contribution in [2.75, 3.05) is 0 Å². The average molecular weight is 337 g/mol. The van der Waals surface area contributed by atoms with E-state index < -0.39 is 0 Å². The van der Waals surface area contributed by atoms with Crippen molar-refractivity contribution in [3.8, 4) is 11.8 Å². The number of hydrogen-bond donors (Lipinski definition) is 2. The molecule has 0 bridgehead atoms. The summed E-state index contributed by atoms with van der Waals surface area (Å²) in [6.45, 7) is 3.85. The SMILES string of the molecule is Cc1ccc(C(=O)NC2CCC(Oc3ccc(C#N)c(C)c3)CC2)[nH]1. The van der Waals surface area contributed by atoms with Gasteiger partial charge in [-0.05, 0) is 75.4 Å². The highest BCUT2D eigenvalue weighted by molar-refractivity contribution is 5.92. The number of aromatic nitrogens is 1. The average Bonchev–Trinajstić information content (AvgIpc) is 3.03. The van der Waals surface area contributed by atoms with E-state index in [1.54, 1.807) is 6.07 Å². The predicted molar refractivity (Wildman–Crippen MR) is 95.6 cm³/mol. The second-order valence-electron chi connectivity index (χ2n) is 6.71. The normalized spacial score (nSPS) is 19.9. The van der Waals surface area contributed by atoms with Crippen molar-refractivity contribution in [3.05, 3.63) is 52.8 Å². The lowest BCUT2D eigenvalue weighted by molar-refractivity contribution is 0.0889. The van der Waals surface area contributed by atoms with Crippen molar-refractivity contribution < 1.29 is 9.53 Å². The Kier molecular flexibility index (Phi) is 5.08. The maximum atomic E-state index is 12.2. The Hall–Kier alpha value is -2.74. The molecule has 0 unspecified atom stereocenters. The fourth-order valence-corrected chi connectivity index (χ4v) is 3.25. The van der Waals surface area contributed by atoms with Crippen LogP contribution in [0, 0.1) is 25.2 Å². The van der Waals surface area contributed by atoms with Crippen LogP contribution in [-0.2, 0) is 0 Å². The number of carbonyl (C=O) groups excluding carboxylic acids is 1. The molecule has 1 aliphatic carbocycles. The van der Waals surface area contributed by atoms with E-state index in [0.717, 1.165) is 42.7 Å². The molecule has 1 fully saturated rings. The van der Waals surface area contributed by atoms with Crippen LogP contribution in [0.1, 0.15) is 53.0 Å². The Morgan fingerprint density at radius 2 is 1.96 bits per heavy atom. The van der Waals surface area contributed by atoms with E-state index in [4.69, 9.17) is 10.00 Å². The van der Waals surface area contributed by atoms with Crippen molar-refractivity contribution in [1.29, 1.82) is 5.26 Å². The van der Waals surface area contributed by atoms with Crippen LogP contribution in [0.25, 0.3) is 0 Å². The fraction of sp³-hybridized carbons (Fsp3) is 0.400. The van der Waals surface area contributed by atoms with Crippen LogP contribution in [0.15, 0.2) is 30.3 Å². The number of nitriles is 1. The largest absolute Gasteiger partial charge is 0.490 e. The van der Waals surface area contributed by atoms with Crippen LogP contribution in [0.4, 0.5) is 0 Å². The van der Waals surface area contributed by atoms with Crippen molar-refractivity contribution in [2.24, 2.45) is 0 Å². The maximum Gasteiger partial charge on any atom is 0.267 e. The molecule has 130 valence electrons. The lowest BCUT2D eigenvalue weighted by Gasteiger charge is -2.29. The molecule has 0 radical (unpaired) electrons. The third-order valence-electron chi connectivity index (χ3n) is 4.71. The minimum absolute atomic E-state index is 0.0415. The molecule has 3 rings (SSSR count). The summed E-state index contributed by atoms with van der Waals surface area (Å²) in [6.07, 6.45) is 3.80. The zero-order valence-corrected chi connectivity index (χ0v) is 14.6. The third kappa shape index (κ3) is 4.21. The molecule has 0 atom stereocenters. The molecule has 5 heteroatoms. The third-order valence-corrected chi connectivity index (χ3v) is 4.71. The summed E-state index contributed by atoms with van der Waals surface area (Å²) in [4.78, 5) is 15.3. The first-order chi connectivity index (χ1) is 12.0. The number of aromatic amines is 1. The van der Waals surface area contributed by atoms with E-state index in [2.05, 4.69) is 16.4 Å². The van der Waals surface area contributed by atoms with Gasteiger partial charge in [0.1, 0.15) is 11.4 Å². The van der Waals surface area contributed by atoms with Crippen LogP contribution < -0.4 is 10.1 Å². The molecule has 1 amide bonds. The Morgan fingerprint density at radius 3 is 2.56 bits per heavy atom. The molecule has 1 heterocycles. The van der Waals surface area contributed by atoms with Crippen LogP contribution >= 0.6 is 0 Å². The van der Waals surface area contributed by atoms with E-state index >= 15 is 0 Å². The quantitative estimate of drug-likeness (QED) is 0.894. The highest BCUT2D eigenvalue weighted by atomic mass is 16.5. The van der Waals surface area contributed by atoms with E-state index in [9.17, 15) is 4.79 Å². The first-order valence-corrected chi connectivity index (χ1v) is 8.69. The van der Waals surface area contributed by atoms with Gasteiger partial charge in [0.15, 0.2) is 0 Å². The number of nitrogens with zero attached hydrogens (tertiary/aromatic N) is 1. The van der Waals surface area contributed by atoms with Gasteiger partial charge in [-0.2, -0.15) is 5.26 Å². The number of ether oxygens (including phenoxy) is 1. The van der Waals surface area contributed by atoms with Crippen molar-refractivity contribution >= 4 is 5.91 Å². The minimum atomic E-state index is -0.0415. The molecule has 2 N–H and O–H groups in total. The highest BCUT2D eigenvalue weighted by Crippen LogP contribution is 2.25. The first kappa shape index (κ1) is 17.1. The van der Waals surface area contributed by atoms with Crippen LogP contribution in [0.5, 0.6) is 5.75 Å². The molecule has 1 aromatic carbocycles. The summed E-state index contributed by atoms with van der Waals surface area (Å²) in [6, 6.07) is 11.6. The number of hydrogen-bond acceptors (Lipinski definition) is 3. The monoisotopic (exact) mass is 337 g/mol. The summed E-state index contributed by atoms with van der Waals surface area (Å²) in [5.41, 5.74) is 3.21. The number of rotatable bonds is 4. The minimum Gasteiger partial charge on any atom is -0.490 e. The van der Waals surface area contributed by atoms with Gasteiger partial charge in [-0.15, -0.1) is 0 Å². The molecule has 1 saturated carbocycles. The summed E-state index contributed by atoms with van der Waals surface area (Å²) < 4.78 is 6.05. The molecule has 1 aromatic heterocycles. The summed E-state index contributed by atoms with van der Waals surface area (Å²) in [5, 5.41) is 12.1. The van der Waals surface area contributed by atoms with Gasteiger partial charge in [-0.3, -0.25) is 4.79 Å². The van der Waals surface area contributed by atoms with E-state index in [-0.39, 0.29) is 18.1 Å². The number of H-pyrrole nitrogens is 1. The standard InChI is InChI=1S/C20H23N3O2/c1-13-11-18(7-4-15(13)12-21)25-17-8-5-16(6-9-17)23-20(24)19-10-3-14(2)22-19/h3-4,7,10-11,16-17,22H,5-6,8-9H2,1-2H3,(H,23,24). The Labute approximate surface area is 148 Å². The van der Waals surface area contributed by atoms with Gasteiger partial charge in [0.25, 0.3) is 5.91 Å². The van der Waals surface area contributed by atoms with Gasteiger partial charge in [0.05, 0.1) is 17.7 Å². The zero-order chi connectivity index (χ0) is 17.8. The second kappa shape index (κ2) is 7.43. The van der Waals surface area contributed by atoms with Gasteiger partial charge in [-0.25, -0.2) is 0 Å². The van der Waals surface area contributed by atoms with Crippen molar-refractivity contribution in [2.45, 2.75) is 51.7 Å². The van der Waals surface area contributed by atoms with E-state index in [1.807, 2.05) is 38.1 Å². The van der Waals surface area contributed by atoms with Crippen molar-refractivity contribution in [3.63, 3.8) is 0 Å². The van der Waals surface area contributed by atoms with Gasteiger partial charge >= 0.3 is 0 Å². The lowest BCUT2D eigenvalue weighted by Crippen LogP contribution is -2.39. The zero-order valence-electron chi connectivity index (χ0n) is 14.6. The van der Waals surface area contributed by atoms with E-state index in [1.165, 1.54) is 0 Å². The Balaban J connectivity index is 1.49. The van der Waals surface area contributed by atoms with Gasteiger partial charge in [0, 0.05) is 11.7 Å². The number of aryl methyl sites for hydroxylation is 2. The van der Waals surface area contributed by atoms with Crippen LogP contribution in [0.3, 0.4) is 0 Å². The number of benzene rings is 1. The first-order valence-electron chi connectivity index (χ1n) is 8.69. The van der Waals surface area contributed by atoms with Gasteiger partial charge < -0.3 is 15.0 Å². The number of carbonyl (C=O) groups is 1. The molecule has 0 spiro atoms.